The second-order valence-electron chi connectivity index (χ2n) is 5.87. The number of ether oxygens (including phenoxy) is 1. The molecule has 1 saturated heterocycles. The van der Waals surface area contributed by atoms with Crippen molar-refractivity contribution < 1.29 is 9.31 Å². The first-order valence-electron chi connectivity index (χ1n) is 8.39. The monoisotopic (exact) mass is 494 g/mol. The molecule has 0 bridgehead atoms. The predicted octanol–water partition coefficient (Wildman–Crippen LogP) is 5.88. The molecule has 5 heteroatoms. The normalized spacial score (nSPS) is 15.5. The topological polar surface area (TPSA) is 12.2 Å². The zero-order valence-corrected chi connectivity index (χ0v) is 18.1. The minimum absolute atomic E-state index is 0.714. The number of nitrogens with zero attached hydrogens (tertiary/aromatic N) is 1. The maximum absolute atomic E-state index is 6.44. The Morgan fingerprint density at radius 2 is 1.42 bits per heavy atom. The van der Waals surface area contributed by atoms with Gasteiger partial charge in [-0.3, -0.25) is 0 Å². The molecule has 0 unspecified atom stereocenters. The maximum atomic E-state index is 6.44. The van der Waals surface area contributed by atoms with Crippen molar-refractivity contribution >= 4 is 54.2 Å². The average Bonchev–Trinajstić information content (AvgIpc) is 2.67. The molecule has 0 saturated carbocycles. The first kappa shape index (κ1) is 19.6. The van der Waals surface area contributed by atoms with E-state index < -0.39 is 0 Å². The van der Waals surface area contributed by atoms with Crippen LogP contribution in [0.1, 0.15) is 11.1 Å². The van der Waals surface area contributed by atoms with Crippen molar-refractivity contribution in [2.75, 3.05) is 26.3 Å². The van der Waals surface area contributed by atoms with E-state index in [2.05, 4.69) is 66.8 Å². The van der Waals surface area contributed by atoms with Gasteiger partial charge in [0.25, 0.3) is 0 Å². The van der Waals surface area contributed by atoms with Crippen molar-refractivity contribution in [3.05, 3.63) is 86.8 Å². The van der Waals surface area contributed by atoms with Crippen LogP contribution < -0.4 is 0 Å². The first-order valence-corrected chi connectivity index (χ1v) is 10.4. The van der Waals surface area contributed by atoms with E-state index in [-0.39, 0.29) is 0 Å². The van der Waals surface area contributed by atoms with Gasteiger partial charge < -0.3 is 4.74 Å². The van der Waals surface area contributed by atoms with Crippen LogP contribution in [0.25, 0.3) is 5.03 Å². The van der Waals surface area contributed by atoms with Gasteiger partial charge in [-0.05, 0) is 48.0 Å². The number of allylic oxidation sites excluding steroid dienone is 3. The van der Waals surface area contributed by atoms with Gasteiger partial charge in [0.1, 0.15) is 13.2 Å². The second kappa shape index (κ2) is 9.65. The maximum Gasteiger partial charge on any atom is 0.207 e. The molecule has 3 rings (SSSR count). The zero-order valence-electron chi connectivity index (χ0n) is 14.2. The highest BCUT2D eigenvalue weighted by Crippen LogP contribution is 2.21. The van der Waals surface area contributed by atoms with Gasteiger partial charge in [0.15, 0.2) is 13.1 Å². The van der Waals surface area contributed by atoms with Crippen LogP contribution in [0.2, 0.25) is 0 Å². The molecule has 134 valence electrons. The largest absolute Gasteiger partial charge is 0.368 e. The predicted molar refractivity (Wildman–Crippen MR) is 116 cm³/mol. The molecular weight excluding hydrogens is 477 g/mol. The summed E-state index contributed by atoms with van der Waals surface area (Å²) in [6, 6.07) is 16.3. The van der Waals surface area contributed by atoms with Gasteiger partial charge in [0.2, 0.25) is 5.71 Å². The molecule has 1 heterocycles. The van der Waals surface area contributed by atoms with Crippen LogP contribution >= 0.6 is 43.5 Å². The van der Waals surface area contributed by atoms with Gasteiger partial charge in [-0.2, -0.15) is 0 Å². The summed E-state index contributed by atoms with van der Waals surface area (Å²) < 4.78 is 9.96. The Kier molecular flexibility index (Phi) is 7.26. The molecule has 0 amide bonds. The van der Waals surface area contributed by atoms with Crippen molar-refractivity contribution in [2.45, 2.75) is 0 Å². The summed E-state index contributed by atoms with van der Waals surface area (Å²) in [5.74, 6) is 0. The van der Waals surface area contributed by atoms with E-state index in [0.29, 0.717) is 5.03 Å². The quantitative estimate of drug-likeness (QED) is 0.380. The average molecular weight is 497 g/mol. The lowest BCUT2D eigenvalue weighted by atomic mass is 10.1. The van der Waals surface area contributed by atoms with E-state index in [1.807, 2.05) is 36.4 Å². The molecule has 0 radical (unpaired) electrons. The van der Waals surface area contributed by atoms with Crippen molar-refractivity contribution in [2.24, 2.45) is 0 Å². The van der Waals surface area contributed by atoms with E-state index in [1.165, 1.54) is 11.3 Å². The Morgan fingerprint density at radius 1 is 0.885 bits per heavy atom. The SMILES string of the molecule is Cl/C(=C/C=C/C(c1ccc(Br)cc1)=[N+]1CCOCC1)c1ccc(Br)cc1. The van der Waals surface area contributed by atoms with Crippen LogP contribution in [-0.4, -0.2) is 36.6 Å². The lowest BCUT2D eigenvalue weighted by molar-refractivity contribution is -0.548. The number of morpholine rings is 1. The highest BCUT2D eigenvalue weighted by molar-refractivity contribution is 9.10. The van der Waals surface area contributed by atoms with E-state index in [0.717, 1.165) is 40.8 Å². The fourth-order valence-electron chi connectivity index (χ4n) is 2.74. The number of hydrogen-bond donors (Lipinski definition) is 0. The van der Waals surface area contributed by atoms with Gasteiger partial charge in [0, 0.05) is 25.6 Å². The molecule has 1 aliphatic rings. The minimum atomic E-state index is 0.714. The molecular formula is C21H19Br2ClNO+. The van der Waals surface area contributed by atoms with Crippen molar-refractivity contribution in [3.8, 4) is 0 Å². The smallest absolute Gasteiger partial charge is 0.207 e. The molecule has 2 aromatic rings. The summed E-state index contributed by atoms with van der Waals surface area (Å²) in [4.78, 5) is 0. The molecule has 1 fully saturated rings. The Morgan fingerprint density at radius 3 is 2.00 bits per heavy atom. The molecule has 2 nitrogen and oxygen atoms in total. The van der Waals surface area contributed by atoms with Gasteiger partial charge in [-0.15, -0.1) is 0 Å². The van der Waals surface area contributed by atoms with Crippen molar-refractivity contribution in [3.63, 3.8) is 0 Å². The number of rotatable bonds is 4. The summed E-state index contributed by atoms with van der Waals surface area (Å²) in [5, 5.41) is 0.714. The Balaban J connectivity index is 1.87. The molecule has 0 aromatic heterocycles. The lowest BCUT2D eigenvalue weighted by Crippen LogP contribution is -2.33. The van der Waals surface area contributed by atoms with Gasteiger partial charge in [-0.25, -0.2) is 4.58 Å². The number of hydrogen-bond acceptors (Lipinski definition) is 1. The molecule has 0 atom stereocenters. The van der Waals surface area contributed by atoms with Gasteiger partial charge >= 0.3 is 0 Å². The fourth-order valence-corrected chi connectivity index (χ4v) is 3.47. The Labute approximate surface area is 176 Å². The lowest BCUT2D eigenvalue weighted by Gasteiger charge is -2.13. The molecule has 2 aromatic carbocycles. The number of halogens is 3. The van der Waals surface area contributed by atoms with Crippen LogP contribution in [0.4, 0.5) is 0 Å². The number of benzene rings is 2. The third kappa shape index (κ3) is 5.40. The second-order valence-corrected chi connectivity index (χ2v) is 8.11. The van der Waals surface area contributed by atoms with Gasteiger partial charge in [-0.1, -0.05) is 61.7 Å². The molecule has 0 N–H and O–H groups in total. The summed E-state index contributed by atoms with van der Waals surface area (Å²) in [7, 11) is 0. The van der Waals surface area contributed by atoms with E-state index in [4.69, 9.17) is 16.3 Å². The summed E-state index contributed by atoms with van der Waals surface area (Å²) in [6.45, 7) is 3.28. The van der Waals surface area contributed by atoms with Crippen molar-refractivity contribution in [1.82, 2.24) is 0 Å². The van der Waals surface area contributed by atoms with Crippen LogP contribution in [-0.2, 0) is 4.74 Å². The van der Waals surface area contributed by atoms with E-state index in [9.17, 15) is 0 Å². The van der Waals surface area contributed by atoms with Crippen LogP contribution in [0.3, 0.4) is 0 Å². The van der Waals surface area contributed by atoms with Crippen LogP contribution in [0.5, 0.6) is 0 Å². The zero-order chi connectivity index (χ0) is 18.4. The molecule has 0 spiro atoms. The van der Waals surface area contributed by atoms with Gasteiger partial charge in [0.05, 0.1) is 0 Å². The highest BCUT2D eigenvalue weighted by Gasteiger charge is 2.18. The first-order chi connectivity index (χ1) is 12.6. The minimum Gasteiger partial charge on any atom is -0.368 e. The molecule has 0 aliphatic carbocycles. The summed E-state index contributed by atoms with van der Waals surface area (Å²) >= 11 is 13.4. The fraction of sp³-hybridized carbons (Fsp3) is 0.190. The van der Waals surface area contributed by atoms with E-state index in [1.54, 1.807) is 0 Å². The van der Waals surface area contributed by atoms with Crippen LogP contribution in [0, 0.1) is 0 Å². The summed E-state index contributed by atoms with van der Waals surface area (Å²) in [5.41, 5.74) is 3.35. The van der Waals surface area contributed by atoms with Crippen molar-refractivity contribution in [1.29, 1.82) is 0 Å². The molecule has 26 heavy (non-hydrogen) atoms. The summed E-state index contributed by atoms with van der Waals surface area (Å²) in [6.07, 6.45) is 6.07. The third-order valence-corrected chi connectivity index (χ3v) is 5.51. The third-order valence-electron chi connectivity index (χ3n) is 4.11. The Bertz CT molecular complexity index is 831. The standard InChI is InChI=1S/C21H19Br2ClNO/c22-18-8-4-16(5-9-18)20(24)2-1-3-21(25-12-14-26-15-13-25)17-6-10-19(23)11-7-17/h1-11H,12-15H2/q+1/b3-1+,20-2+. The Hall–Kier alpha value is -1.20. The van der Waals surface area contributed by atoms with E-state index >= 15 is 0 Å². The highest BCUT2D eigenvalue weighted by atomic mass is 79.9. The van der Waals surface area contributed by atoms with Crippen LogP contribution in [0.15, 0.2) is 75.7 Å². The molecule has 1 aliphatic heterocycles.